The molecular weight excluding hydrogens is 212 g/mol. The Morgan fingerprint density at radius 3 is 2.29 bits per heavy atom. The molecule has 0 radical (unpaired) electrons. The lowest BCUT2D eigenvalue weighted by molar-refractivity contribution is 0.866. The first-order chi connectivity index (χ1) is 8.17. The topological polar surface area (TPSA) is 65.1 Å². The van der Waals surface area contributed by atoms with Crippen molar-refractivity contribution >= 4 is 17.2 Å². The van der Waals surface area contributed by atoms with Crippen molar-refractivity contribution in [2.75, 3.05) is 29.9 Å². The molecule has 0 saturated carbocycles. The molecule has 1 aromatic rings. The van der Waals surface area contributed by atoms with Crippen LogP contribution < -0.4 is 16.0 Å². The molecule has 0 amide bonds. The van der Waals surface area contributed by atoms with Gasteiger partial charge in [-0.2, -0.15) is 0 Å². The monoisotopic (exact) mass is 234 g/mol. The van der Waals surface area contributed by atoms with Gasteiger partial charge in [-0.15, -0.1) is 0 Å². The van der Waals surface area contributed by atoms with Gasteiger partial charge in [0, 0.05) is 37.4 Å². The van der Waals surface area contributed by atoms with Gasteiger partial charge in [0.25, 0.3) is 0 Å². The SMILES string of the molecule is CCN(CC)c1ccc(NCCC(=N)N)cc1. The number of nitrogens with zero attached hydrogens (tertiary/aromatic N) is 1. The standard InChI is InChI=1S/C13H22N4/c1-3-17(4-2)12-7-5-11(6-8-12)16-10-9-13(14)15/h5-8,16H,3-4,9-10H2,1-2H3,(H3,14,15). The summed E-state index contributed by atoms with van der Waals surface area (Å²) in [6.45, 7) is 7.06. The molecule has 0 aliphatic heterocycles. The van der Waals surface area contributed by atoms with Crippen LogP contribution in [-0.4, -0.2) is 25.5 Å². The van der Waals surface area contributed by atoms with E-state index in [0.717, 1.165) is 18.8 Å². The highest BCUT2D eigenvalue weighted by Gasteiger charge is 2.00. The minimum atomic E-state index is 0.220. The Balaban J connectivity index is 2.52. The number of hydrogen-bond donors (Lipinski definition) is 3. The zero-order valence-electron chi connectivity index (χ0n) is 10.7. The van der Waals surface area contributed by atoms with Crippen molar-refractivity contribution in [3.63, 3.8) is 0 Å². The van der Waals surface area contributed by atoms with Crippen molar-refractivity contribution in [1.29, 1.82) is 5.41 Å². The van der Waals surface area contributed by atoms with Crippen LogP contribution >= 0.6 is 0 Å². The first-order valence-corrected chi connectivity index (χ1v) is 6.09. The Kier molecular flexibility index (Phi) is 5.33. The molecule has 0 spiro atoms. The van der Waals surface area contributed by atoms with E-state index >= 15 is 0 Å². The van der Waals surface area contributed by atoms with Crippen LogP contribution in [-0.2, 0) is 0 Å². The molecule has 0 fully saturated rings. The van der Waals surface area contributed by atoms with Gasteiger partial charge in [0.05, 0.1) is 5.84 Å². The Morgan fingerprint density at radius 2 is 1.82 bits per heavy atom. The second-order valence-corrected chi connectivity index (χ2v) is 3.92. The van der Waals surface area contributed by atoms with Gasteiger partial charge >= 0.3 is 0 Å². The molecule has 0 bridgehead atoms. The summed E-state index contributed by atoms with van der Waals surface area (Å²) in [4.78, 5) is 2.30. The first kappa shape index (κ1) is 13.4. The molecule has 4 N–H and O–H groups in total. The summed E-state index contributed by atoms with van der Waals surface area (Å²) >= 11 is 0. The van der Waals surface area contributed by atoms with Gasteiger partial charge in [-0.25, -0.2) is 0 Å². The maximum absolute atomic E-state index is 7.13. The maximum atomic E-state index is 7.13. The van der Waals surface area contributed by atoms with Crippen molar-refractivity contribution < 1.29 is 0 Å². The lowest BCUT2D eigenvalue weighted by Gasteiger charge is -2.21. The van der Waals surface area contributed by atoms with Crippen molar-refractivity contribution in [2.45, 2.75) is 20.3 Å². The number of rotatable bonds is 7. The molecule has 1 rings (SSSR count). The lowest BCUT2D eigenvalue weighted by Crippen LogP contribution is -2.21. The van der Waals surface area contributed by atoms with Crippen LogP contribution in [0.1, 0.15) is 20.3 Å². The number of nitrogens with two attached hydrogens (primary N) is 1. The van der Waals surface area contributed by atoms with Crippen LogP contribution in [0.15, 0.2) is 24.3 Å². The third-order valence-corrected chi connectivity index (χ3v) is 2.72. The highest BCUT2D eigenvalue weighted by molar-refractivity contribution is 5.77. The molecule has 0 aliphatic carbocycles. The second-order valence-electron chi connectivity index (χ2n) is 3.92. The molecule has 0 heterocycles. The fraction of sp³-hybridized carbons (Fsp3) is 0.462. The van der Waals surface area contributed by atoms with Gasteiger partial charge in [-0.3, -0.25) is 5.41 Å². The number of nitrogens with one attached hydrogen (secondary N) is 2. The Hall–Kier alpha value is -1.71. The number of anilines is 2. The number of hydrogen-bond acceptors (Lipinski definition) is 3. The zero-order chi connectivity index (χ0) is 12.7. The molecule has 4 nitrogen and oxygen atoms in total. The van der Waals surface area contributed by atoms with Gasteiger partial charge in [-0.05, 0) is 38.1 Å². The van der Waals surface area contributed by atoms with E-state index in [0.29, 0.717) is 13.0 Å². The minimum Gasteiger partial charge on any atom is -0.388 e. The predicted molar refractivity (Wildman–Crippen MR) is 75.0 cm³/mol. The van der Waals surface area contributed by atoms with Crippen molar-refractivity contribution in [3.05, 3.63) is 24.3 Å². The quantitative estimate of drug-likeness (QED) is 0.501. The highest BCUT2D eigenvalue weighted by atomic mass is 15.1. The minimum absolute atomic E-state index is 0.220. The average Bonchev–Trinajstić information content (AvgIpc) is 2.32. The predicted octanol–water partition coefficient (Wildman–Crippen LogP) is 2.27. The van der Waals surface area contributed by atoms with Crippen LogP contribution in [0.5, 0.6) is 0 Å². The molecule has 4 heteroatoms. The second kappa shape index (κ2) is 6.78. The van der Waals surface area contributed by atoms with Gasteiger partial charge in [-0.1, -0.05) is 0 Å². The summed E-state index contributed by atoms with van der Waals surface area (Å²) < 4.78 is 0. The fourth-order valence-electron chi connectivity index (χ4n) is 1.72. The molecule has 1 aromatic carbocycles. The first-order valence-electron chi connectivity index (χ1n) is 6.09. The summed E-state index contributed by atoms with van der Waals surface area (Å²) in [5.74, 6) is 0.220. The molecule has 0 aromatic heterocycles. The van der Waals surface area contributed by atoms with Crippen molar-refractivity contribution in [2.24, 2.45) is 5.73 Å². The van der Waals surface area contributed by atoms with E-state index in [1.54, 1.807) is 0 Å². The van der Waals surface area contributed by atoms with Crippen LogP contribution in [0.25, 0.3) is 0 Å². The van der Waals surface area contributed by atoms with Crippen LogP contribution in [0.3, 0.4) is 0 Å². The van der Waals surface area contributed by atoms with E-state index in [9.17, 15) is 0 Å². The van der Waals surface area contributed by atoms with Gasteiger partial charge in [0.1, 0.15) is 0 Å². The zero-order valence-corrected chi connectivity index (χ0v) is 10.7. The fourth-order valence-corrected chi connectivity index (χ4v) is 1.72. The largest absolute Gasteiger partial charge is 0.388 e. The summed E-state index contributed by atoms with van der Waals surface area (Å²) in [5.41, 5.74) is 7.61. The number of amidine groups is 1. The van der Waals surface area contributed by atoms with Gasteiger partial charge in [0.15, 0.2) is 0 Å². The average molecular weight is 234 g/mol. The normalized spacial score (nSPS) is 10.0. The van der Waals surface area contributed by atoms with Crippen molar-refractivity contribution in [1.82, 2.24) is 0 Å². The summed E-state index contributed by atoms with van der Waals surface area (Å²) in [6.07, 6.45) is 0.581. The molecule has 0 unspecified atom stereocenters. The summed E-state index contributed by atoms with van der Waals surface area (Å²) in [7, 11) is 0. The van der Waals surface area contributed by atoms with Crippen LogP contribution in [0, 0.1) is 5.41 Å². The summed E-state index contributed by atoms with van der Waals surface area (Å²) in [6, 6.07) is 8.35. The molecule has 17 heavy (non-hydrogen) atoms. The number of benzene rings is 1. The third-order valence-electron chi connectivity index (χ3n) is 2.72. The third kappa shape index (κ3) is 4.34. The maximum Gasteiger partial charge on any atom is 0.0923 e. The van der Waals surface area contributed by atoms with E-state index in [4.69, 9.17) is 11.1 Å². The Bertz CT molecular complexity index is 341. The van der Waals surface area contributed by atoms with E-state index in [-0.39, 0.29) is 5.84 Å². The van der Waals surface area contributed by atoms with Crippen molar-refractivity contribution in [3.8, 4) is 0 Å². The van der Waals surface area contributed by atoms with E-state index in [1.807, 2.05) is 0 Å². The Morgan fingerprint density at radius 1 is 1.24 bits per heavy atom. The van der Waals surface area contributed by atoms with E-state index < -0.39 is 0 Å². The molecule has 0 aliphatic rings. The van der Waals surface area contributed by atoms with Gasteiger partial charge in [0.2, 0.25) is 0 Å². The molecule has 0 saturated heterocycles. The highest BCUT2D eigenvalue weighted by Crippen LogP contribution is 2.17. The molecule has 0 atom stereocenters. The molecule has 94 valence electrons. The van der Waals surface area contributed by atoms with Crippen LogP contribution in [0.2, 0.25) is 0 Å². The lowest BCUT2D eigenvalue weighted by atomic mass is 10.2. The summed E-state index contributed by atoms with van der Waals surface area (Å²) in [5, 5.41) is 10.4. The molecular formula is C13H22N4. The van der Waals surface area contributed by atoms with E-state index in [1.165, 1.54) is 5.69 Å². The Labute approximate surface area is 103 Å². The van der Waals surface area contributed by atoms with E-state index in [2.05, 4.69) is 48.3 Å². The smallest absolute Gasteiger partial charge is 0.0923 e. The van der Waals surface area contributed by atoms with Crippen LogP contribution in [0.4, 0.5) is 11.4 Å². The van der Waals surface area contributed by atoms with Gasteiger partial charge < -0.3 is 16.0 Å².